The number of phosphoric acid groups is 1. The molecule has 0 aliphatic heterocycles. The summed E-state index contributed by atoms with van der Waals surface area (Å²) in [5.41, 5.74) is 0. The zero-order valence-corrected chi connectivity index (χ0v) is 31.8. The van der Waals surface area contributed by atoms with Crippen LogP contribution in [-0.4, -0.2) is 41.0 Å². The van der Waals surface area contributed by atoms with Crippen molar-refractivity contribution in [2.24, 2.45) is 0 Å². The fourth-order valence-electron chi connectivity index (χ4n) is 5.52. The highest BCUT2D eigenvalue weighted by molar-refractivity contribution is 7.46. The fourth-order valence-corrected chi connectivity index (χ4v) is 5.88. The third-order valence-electron chi connectivity index (χ3n) is 8.47. The first-order valence-electron chi connectivity index (χ1n) is 19.6. The maximum atomic E-state index is 12.4. The Hall–Kier alpha value is -1.47. The molecule has 0 saturated heterocycles. The van der Waals surface area contributed by atoms with Gasteiger partial charge < -0.3 is 19.3 Å². The number of esters is 2. The molecule has 0 fully saturated rings. The third kappa shape index (κ3) is 37.4. The molecule has 0 aliphatic rings. The molecule has 0 saturated carbocycles. The number of carbonyl (C=O) groups excluding carboxylic acids is 2. The van der Waals surface area contributed by atoms with Crippen LogP contribution in [0.3, 0.4) is 0 Å². The number of ether oxygens (including phenoxy) is 2. The lowest BCUT2D eigenvalue weighted by Crippen LogP contribution is -2.29. The van der Waals surface area contributed by atoms with Crippen molar-refractivity contribution >= 4 is 19.8 Å². The summed E-state index contributed by atoms with van der Waals surface area (Å²) in [6.07, 6.45) is 38.9. The van der Waals surface area contributed by atoms with Gasteiger partial charge in [-0.05, 0) is 44.9 Å². The third-order valence-corrected chi connectivity index (χ3v) is 8.96. The lowest BCUT2D eigenvalue weighted by Gasteiger charge is -2.18. The molecule has 1 atom stereocenters. The quantitative estimate of drug-likeness (QED) is 0.0287. The van der Waals surface area contributed by atoms with Crippen molar-refractivity contribution in [3.63, 3.8) is 0 Å². The topological polar surface area (TPSA) is 119 Å². The van der Waals surface area contributed by atoms with E-state index in [1.165, 1.54) is 103 Å². The van der Waals surface area contributed by atoms with Gasteiger partial charge >= 0.3 is 19.8 Å². The molecule has 0 aliphatic carbocycles. The van der Waals surface area contributed by atoms with Crippen LogP contribution in [0.1, 0.15) is 194 Å². The summed E-state index contributed by atoms with van der Waals surface area (Å²) in [5.74, 6) is -0.894. The Morgan fingerprint density at radius 3 is 1.40 bits per heavy atom. The number of unbranched alkanes of at least 4 members (excludes halogenated alkanes) is 22. The minimum absolute atomic E-state index is 0.198. The van der Waals surface area contributed by atoms with Crippen molar-refractivity contribution in [1.29, 1.82) is 0 Å². The van der Waals surface area contributed by atoms with Gasteiger partial charge in [0.1, 0.15) is 6.61 Å². The Morgan fingerprint density at radius 2 is 0.938 bits per heavy atom. The Balaban J connectivity index is 3.96. The zero-order valence-electron chi connectivity index (χ0n) is 30.9. The smallest absolute Gasteiger partial charge is 0.462 e. The second-order valence-electron chi connectivity index (χ2n) is 13.3. The van der Waals surface area contributed by atoms with E-state index in [9.17, 15) is 14.2 Å². The molecule has 48 heavy (non-hydrogen) atoms. The molecule has 0 radical (unpaired) electrons. The summed E-state index contributed by atoms with van der Waals surface area (Å²) in [5, 5.41) is 0. The molecule has 0 aromatic rings. The maximum Gasteiger partial charge on any atom is 0.469 e. The van der Waals surface area contributed by atoms with Crippen molar-refractivity contribution in [3.8, 4) is 0 Å². The minimum atomic E-state index is -4.75. The van der Waals surface area contributed by atoms with Crippen molar-refractivity contribution in [2.75, 3.05) is 13.2 Å². The first kappa shape index (κ1) is 46.5. The highest BCUT2D eigenvalue weighted by atomic mass is 31.2. The van der Waals surface area contributed by atoms with Gasteiger partial charge in [-0.1, -0.05) is 160 Å². The Bertz CT molecular complexity index is 838. The summed E-state index contributed by atoms with van der Waals surface area (Å²) in [6, 6.07) is 0. The lowest BCUT2D eigenvalue weighted by molar-refractivity contribution is -0.161. The van der Waals surface area contributed by atoms with Crippen molar-refractivity contribution in [3.05, 3.63) is 24.3 Å². The van der Waals surface area contributed by atoms with Gasteiger partial charge in [0.15, 0.2) is 6.10 Å². The van der Waals surface area contributed by atoms with Gasteiger partial charge in [-0.15, -0.1) is 0 Å². The molecule has 9 heteroatoms. The molecule has 0 aromatic heterocycles. The highest BCUT2D eigenvalue weighted by Crippen LogP contribution is 2.36. The van der Waals surface area contributed by atoms with E-state index >= 15 is 0 Å². The average molecular weight is 701 g/mol. The van der Waals surface area contributed by atoms with Crippen LogP contribution in [0.25, 0.3) is 0 Å². The minimum Gasteiger partial charge on any atom is -0.462 e. The molecule has 0 heterocycles. The largest absolute Gasteiger partial charge is 0.469 e. The van der Waals surface area contributed by atoms with E-state index in [1.807, 2.05) is 0 Å². The van der Waals surface area contributed by atoms with Crippen LogP contribution in [0, 0.1) is 0 Å². The SMILES string of the molecule is CCCCCC/C=C\C/C=C\CCCCCCCC(=O)OC(COC(=O)CCCCCCCCCCCCCCCC)COP(=O)(O)O. The van der Waals surface area contributed by atoms with Gasteiger partial charge in [0.2, 0.25) is 0 Å². The summed E-state index contributed by atoms with van der Waals surface area (Å²) in [7, 11) is -4.75. The normalized spacial score (nSPS) is 12.7. The van der Waals surface area contributed by atoms with Crippen LogP contribution >= 0.6 is 7.82 Å². The monoisotopic (exact) mass is 701 g/mol. The van der Waals surface area contributed by atoms with Gasteiger partial charge in [-0.3, -0.25) is 14.1 Å². The fraction of sp³-hybridized carbons (Fsp3) is 0.846. The van der Waals surface area contributed by atoms with Gasteiger partial charge in [-0.25, -0.2) is 4.57 Å². The van der Waals surface area contributed by atoms with E-state index < -0.39 is 32.5 Å². The molecule has 8 nitrogen and oxygen atoms in total. The van der Waals surface area contributed by atoms with Gasteiger partial charge in [0, 0.05) is 12.8 Å². The number of rotatable bonds is 36. The zero-order chi connectivity index (χ0) is 35.4. The van der Waals surface area contributed by atoms with Gasteiger partial charge in [0.05, 0.1) is 6.61 Å². The molecule has 282 valence electrons. The van der Waals surface area contributed by atoms with E-state index in [0.717, 1.165) is 57.8 Å². The number of phosphoric ester groups is 1. The predicted molar refractivity (Wildman–Crippen MR) is 198 cm³/mol. The molecular weight excluding hydrogens is 627 g/mol. The standard InChI is InChI=1S/C39H73O8P/c1-3-5-7-9-11-13-15-17-19-20-22-24-26-28-30-32-34-39(41)47-37(36-46-48(42,43)44)35-45-38(40)33-31-29-27-25-23-21-18-16-14-12-10-8-6-4-2/h13,15,19-20,37H,3-12,14,16-18,21-36H2,1-2H3,(H2,42,43,44)/b15-13-,20-19-. The molecule has 0 amide bonds. The van der Waals surface area contributed by atoms with Crippen LogP contribution in [-0.2, 0) is 28.2 Å². The summed E-state index contributed by atoms with van der Waals surface area (Å²) in [6.45, 7) is 3.66. The summed E-state index contributed by atoms with van der Waals surface area (Å²) < 4.78 is 26.3. The van der Waals surface area contributed by atoms with Crippen LogP contribution < -0.4 is 0 Å². The van der Waals surface area contributed by atoms with Gasteiger partial charge in [-0.2, -0.15) is 0 Å². The molecule has 1 unspecified atom stereocenters. The molecule has 0 aromatic carbocycles. The van der Waals surface area contributed by atoms with Crippen LogP contribution in [0.4, 0.5) is 0 Å². The lowest BCUT2D eigenvalue weighted by atomic mass is 10.0. The van der Waals surface area contributed by atoms with Crippen LogP contribution in [0.5, 0.6) is 0 Å². The molecule has 0 rings (SSSR count). The van der Waals surface area contributed by atoms with E-state index in [-0.39, 0.29) is 19.4 Å². The Kier molecular flexibility index (Phi) is 34.3. The first-order valence-corrected chi connectivity index (χ1v) is 21.2. The van der Waals surface area contributed by atoms with E-state index in [4.69, 9.17) is 19.3 Å². The first-order chi connectivity index (χ1) is 23.3. The molecule has 0 spiro atoms. The number of hydrogen-bond donors (Lipinski definition) is 2. The van der Waals surface area contributed by atoms with Crippen molar-refractivity contribution < 1.29 is 37.9 Å². The van der Waals surface area contributed by atoms with E-state index in [0.29, 0.717) is 6.42 Å². The van der Waals surface area contributed by atoms with Crippen molar-refractivity contribution in [2.45, 2.75) is 200 Å². The highest BCUT2D eigenvalue weighted by Gasteiger charge is 2.22. The van der Waals surface area contributed by atoms with Crippen LogP contribution in [0.2, 0.25) is 0 Å². The maximum absolute atomic E-state index is 12.4. The molecular formula is C39H73O8P. The predicted octanol–water partition coefficient (Wildman–Crippen LogP) is 11.6. The molecule has 2 N–H and O–H groups in total. The average Bonchev–Trinajstić information content (AvgIpc) is 3.05. The molecule has 0 bridgehead atoms. The number of hydrogen-bond acceptors (Lipinski definition) is 6. The van der Waals surface area contributed by atoms with Gasteiger partial charge in [0.25, 0.3) is 0 Å². The number of allylic oxidation sites excluding steroid dienone is 4. The Labute approximate surface area is 294 Å². The summed E-state index contributed by atoms with van der Waals surface area (Å²) in [4.78, 5) is 42.7. The second kappa shape index (κ2) is 35.4. The second-order valence-corrected chi connectivity index (χ2v) is 14.5. The van der Waals surface area contributed by atoms with E-state index in [1.54, 1.807) is 0 Å². The number of carbonyl (C=O) groups is 2. The van der Waals surface area contributed by atoms with Crippen molar-refractivity contribution in [1.82, 2.24) is 0 Å². The van der Waals surface area contributed by atoms with Crippen LogP contribution in [0.15, 0.2) is 24.3 Å². The Morgan fingerprint density at radius 1 is 0.542 bits per heavy atom. The summed E-state index contributed by atoms with van der Waals surface area (Å²) >= 11 is 0. The van der Waals surface area contributed by atoms with E-state index in [2.05, 4.69) is 42.7 Å².